The van der Waals surface area contributed by atoms with E-state index in [1.165, 1.54) is 0 Å². The zero-order valence-electron chi connectivity index (χ0n) is 46.1. The minimum atomic E-state index is -0.564. The first kappa shape index (κ1) is 17.2. The van der Waals surface area contributed by atoms with E-state index < -0.39 is 96.7 Å². The quantitative estimate of drug-likeness (QED) is 0.161. The summed E-state index contributed by atoms with van der Waals surface area (Å²) in [5, 5.41) is 1.32. The number of hydrogen-bond donors (Lipinski definition) is 0. The lowest BCUT2D eigenvalue weighted by Gasteiger charge is -2.17. The summed E-state index contributed by atoms with van der Waals surface area (Å²) in [5.41, 5.74) is 3.43. The molecule has 0 N–H and O–H groups in total. The topological polar surface area (TPSA) is 0 Å². The highest BCUT2D eigenvalue weighted by molar-refractivity contribution is 6.26. The Morgan fingerprint density at radius 3 is 1.28 bits per heavy atom. The third-order valence-electron chi connectivity index (χ3n) is 10.4. The normalized spacial score (nSPS) is 16.7. The second kappa shape index (κ2) is 11.2. The highest BCUT2D eigenvalue weighted by atomic mass is 14.2. The molecule has 0 bridgehead atoms. The fourth-order valence-corrected chi connectivity index (χ4v) is 7.86. The molecule has 0 nitrogen and oxygen atoms in total. The highest BCUT2D eigenvalue weighted by Gasteiger charge is 2.16. The molecule has 0 saturated heterocycles. The predicted octanol–water partition coefficient (Wildman–Crippen LogP) is 15.3. The summed E-state index contributed by atoms with van der Waals surface area (Å²) in [6, 6.07) is 17.6. The van der Waals surface area contributed by atoms with Crippen molar-refractivity contribution in [1.29, 1.82) is 0 Å². The van der Waals surface area contributed by atoms with Crippen molar-refractivity contribution >= 4 is 75.4 Å². The first-order valence-corrected chi connectivity index (χ1v) is 17.4. The van der Waals surface area contributed by atoms with Gasteiger partial charge in [0, 0.05) is 0 Å². The van der Waals surface area contributed by atoms with E-state index in [4.69, 9.17) is 15.1 Å². The molecule has 0 saturated carbocycles. The summed E-state index contributed by atoms with van der Waals surface area (Å²) < 4.78 is 162. The molecule has 0 aliphatic rings. The zero-order valence-corrected chi connectivity index (χ0v) is 28.1. The second-order valence-corrected chi connectivity index (χ2v) is 13.4. The van der Waals surface area contributed by atoms with Crippen LogP contribution in [0.1, 0.15) is 24.7 Å². The van der Waals surface area contributed by atoms with Gasteiger partial charge >= 0.3 is 0 Å². The number of rotatable bonds is 4. The van der Waals surface area contributed by atoms with Crippen LogP contribution in [0, 0.1) is 0 Å². The zero-order chi connectivity index (χ0) is 51.0. The summed E-state index contributed by atoms with van der Waals surface area (Å²) in [6.45, 7) is 0. The third kappa shape index (κ3) is 4.38. The fraction of sp³-hybridized carbons (Fsp3) is 0. The number of benzene rings is 12. The van der Waals surface area contributed by atoms with Crippen LogP contribution in [-0.2, 0) is 0 Å². The van der Waals surface area contributed by atoms with Gasteiger partial charge in [-0.1, -0.05) is 169 Å². The van der Waals surface area contributed by atoms with Gasteiger partial charge in [-0.15, -0.1) is 0 Å². The molecule has 0 heteroatoms. The maximum atomic E-state index is 9.57. The average molecular weight is 699 g/mol. The van der Waals surface area contributed by atoms with Gasteiger partial charge < -0.3 is 0 Å². The van der Waals surface area contributed by atoms with E-state index in [0.29, 0.717) is 27.8 Å². The van der Waals surface area contributed by atoms with Crippen LogP contribution >= 0.6 is 0 Å². The van der Waals surface area contributed by atoms with E-state index in [9.17, 15) is 9.60 Å². The molecule has 0 aromatic heterocycles. The van der Waals surface area contributed by atoms with Gasteiger partial charge in [-0.3, -0.25) is 0 Å². The Morgan fingerprint density at radius 1 is 0.259 bits per heavy atom. The van der Waals surface area contributed by atoms with Gasteiger partial charge in [0.25, 0.3) is 0 Å². The SMILES string of the molecule is [2H]c1c([2H])c2c([2H])c([2H])c3c([2H])c([2H])c(-c4ccc(-c5cc(-c6ccc7ccccc7c6)cc(-c6c([2H])c([2H])c7c([2H])c([2H])c8c([2H])c([2H])c([2H])c9c([2H])c([2H])c6c7c89)c5)cc4)c4c([2H])c([2H])c(c1[2H])c2c34. The molecule has 0 radical (unpaired) electrons. The Morgan fingerprint density at radius 2 is 0.685 bits per heavy atom. The van der Waals surface area contributed by atoms with Crippen LogP contribution in [0.3, 0.4) is 0 Å². The van der Waals surface area contributed by atoms with E-state index >= 15 is 0 Å². The average Bonchev–Trinajstić information content (AvgIpc) is 3.37. The maximum Gasteiger partial charge on any atom is 0.0630 e. The minimum absolute atomic E-state index is 0.0148. The van der Waals surface area contributed by atoms with Crippen molar-refractivity contribution in [1.82, 2.24) is 0 Å². The lowest BCUT2D eigenvalue weighted by molar-refractivity contribution is 1.58. The van der Waals surface area contributed by atoms with Gasteiger partial charge in [-0.25, -0.2) is 0 Å². The van der Waals surface area contributed by atoms with Crippen molar-refractivity contribution in [3.63, 3.8) is 0 Å². The van der Waals surface area contributed by atoms with Crippen molar-refractivity contribution in [3.8, 4) is 44.5 Å². The van der Waals surface area contributed by atoms with Gasteiger partial charge in [0.2, 0.25) is 0 Å². The molecular formula is C54H32. The Kier molecular flexibility index (Phi) is 3.58. The van der Waals surface area contributed by atoms with Gasteiger partial charge in [0.1, 0.15) is 0 Å². The second-order valence-electron chi connectivity index (χ2n) is 13.4. The maximum absolute atomic E-state index is 9.57. The van der Waals surface area contributed by atoms with Gasteiger partial charge in [0.05, 0.1) is 24.7 Å². The molecule has 0 spiro atoms. The number of fused-ring (bicyclic) bond motifs is 1. The fourth-order valence-electron chi connectivity index (χ4n) is 7.86. The predicted molar refractivity (Wildman–Crippen MR) is 233 cm³/mol. The Bertz CT molecular complexity index is 4420. The molecule has 0 atom stereocenters. The molecule has 248 valence electrons. The monoisotopic (exact) mass is 698 g/mol. The largest absolute Gasteiger partial charge is 0.0630 e. The minimum Gasteiger partial charge on any atom is -0.0616 e. The van der Waals surface area contributed by atoms with E-state index in [-0.39, 0.29) is 87.8 Å². The van der Waals surface area contributed by atoms with Crippen LogP contribution < -0.4 is 0 Å². The number of hydrogen-bond acceptors (Lipinski definition) is 0. The van der Waals surface area contributed by atoms with E-state index in [2.05, 4.69) is 0 Å². The molecular weight excluding hydrogens is 649 g/mol. The summed E-state index contributed by atoms with van der Waals surface area (Å²) in [7, 11) is 0. The first-order chi connectivity index (χ1) is 34.3. The molecule has 0 amide bonds. The van der Waals surface area contributed by atoms with E-state index in [1.54, 1.807) is 36.4 Å². The smallest absolute Gasteiger partial charge is 0.0616 e. The lowest BCUT2D eigenvalue weighted by Crippen LogP contribution is -1.90. The van der Waals surface area contributed by atoms with Gasteiger partial charge in [-0.2, -0.15) is 0 Å². The van der Waals surface area contributed by atoms with E-state index in [1.807, 2.05) is 48.5 Å². The van der Waals surface area contributed by atoms with E-state index in [0.717, 1.165) is 16.3 Å². The molecule has 12 aromatic rings. The van der Waals surface area contributed by atoms with Crippen LogP contribution in [-0.4, -0.2) is 0 Å². The standard InChI is InChI=1S/C54H32/c1-2-6-42-29-43(20-13-33(42)5-1)45-30-44(31-46(32-45)48-26-22-41-19-17-37-8-4-10-39-24-28-50(48)54(41)52(37)39)34-11-14-35(15-12-34)47-25-21-40-18-16-36-7-3-9-38-23-27-49(47)53(40)51(36)38/h1-32H/i3D,4D,7D,8D,9D,10D,16D,17D,18D,19D,21D,22D,23D,24D,25D,26D,27D,28D. The highest BCUT2D eigenvalue weighted by Crippen LogP contribution is 2.43. The summed E-state index contributed by atoms with van der Waals surface area (Å²) in [6.07, 6.45) is 0. The molecule has 0 aliphatic heterocycles. The summed E-state index contributed by atoms with van der Waals surface area (Å²) >= 11 is 0. The lowest BCUT2D eigenvalue weighted by atomic mass is 9.87. The van der Waals surface area contributed by atoms with Crippen molar-refractivity contribution in [3.05, 3.63) is 194 Å². The van der Waals surface area contributed by atoms with Crippen molar-refractivity contribution in [2.45, 2.75) is 0 Å². The Balaban J connectivity index is 1.14. The van der Waals surface area contributed by atoms with Crippen LogP contribution in [0.5, 0.6) is 0 Å². The van der Waals surface area contributed by atoms with Crippen molar-refractivity contribution < 1.29 is 24.7 Å². The molecule has 54 heavy (non-hydrogen) atoms. The van der Waals surface area contributed by atoms with Crippen molar-refractivity contribution in [2.24, 2.45) is 0 Å². The van der Waals surface area contributed by atoms with Gasteiger partial charge in [0.15, 0.2) is 0 Å². The molecule has 0 fully saturated rings. The van der Waals surface area contributed by atoms with Gasteiger partial charge in [-0.05, 0) is 144 Å². The Hall–Kier alpha value is -7.02. The molecule has 0 aliphatic carbocycles. The Labute approximate surface area is 338 Å². The molecule has 12 aromatic carbocycles. The van der Waals surface area contributed by atoms with Crippen LogP contribution in [0.15, 0.2) is 194 Å². The van der Waals surface area contributed by atoms with Crippen LogP contribution in [0.4, 0.5) is 0 Å². The first-order valence-electron chi connectivity index (χ1n) is 26.4. The summed E-state index contributed by atoms with van der Waals surface area (Å²) in [4.78, 5) is 0. The molecule has 0 heterocycles. The van der Waals surface area contributed by atoms with Crippen LogP contribution in [0.25, 0.3) is 120 Å². The summed E-state index contributed by atoms with van der Waals surface area (Å²) in [5.74, 6) is 0. The van der Waals surface area contributed by atoms with Crippen molar-refractivity contribution in [2.75, 3.05) is 0 Å². The molecule has 0 unspecified atom stereocenters. The molecule has 12 rings (SSSR count). The third-order valence-corrected chi connectivity index (χ3v) is 10.4. The van der Waals surface area contributed by atoms with Crippen LogP contribution in [0.2, 0.25) is 0 Å².